The van der Waals surface area contributed by atoms with Crippen LogP contribution in [0.3, 0.4) is 0 Å². The highest BCUT2D eigenvalue weighted by Crippen LogP contribution is 2.57. The first-order valence-corrected chi connectivity index (χ1v) is 27.8. The summed E-state index contributed by atoms with van der Waals surface area (Å²) in [5, 5.41) is 7.00. The van der Waals surface area contributed by atoms with Gasteiger partial charge in [-0.1, -0.05) is 273 Å². The van der Waals surface area contributed by atoms with Crippen LogP contribution >= 0.6 is 0 Å². The van der Waals surface area contributed by atoms with Crippen molar-refractivity contribution in [2.24, 2.45) is 0 Å². The van der Waals surface area contributed by atoms with Crippen molar-refractivity contribution >= 4 is 50.6 Å². The number of benzene rings is 12. The molecule has 0 spiro atoms. The molecule has 0 N–H and O–H groups in total. The lowest BCUT2D eigenvalue weighted by Crippen LogP contribution is -2.75. The van der Waals surface area contributed by atoms with Gasteiger partial charge in [0.1, 0.15) is 0 Å². The van der Waals surface area contributed by atoms with Crippen molar-refractivity contribution in [3.8, 4) is 50.2 Å². The van der Waals surface area contributed by atoms with E-state index in [0.717, 1.165) is 33.1 Å². The summed E-state index contributed by atoms with van der Waals surface area (Å²) >= 11 is 0. The quantitative estimate of drug-likeness (QED) is 0.100. The second-order valence-electron chi connectivity index (χ2n) is 19.8. The average Bonchev–Trinajstić information content (AvgIpc) is 0.823. The van der Waals surface area contributed by atoms with E-state index in [4.69, 9.17) is 8.22 Å². The summed E-state index contributed by atoms with van der Waals surface area (Å²) in [7, 11) is -3.20. The lowest BCUT2D eigenvalue weighted by atomic mass is 9.60. The van der Waals surface area contributed by atoms with Crippen molar-refractivity contribution in [2.45, 2.75) is 11.8 Å². The number of hydrogen-bond acceptors (Lipinski definition) is 0. The summed E-state index contributed by atoms with van der Waals surface area (Å²) in [6, 6.07) is 79.5. The normalized spacial score (nSPS) is 16.2. The Morgan fingerprint density at radius 2 is 0.816 bits per heavy atom. The average molecular weight is 992 g/mol. The monoisotopic (exact) mass is 991 g/mol. The van der Waals surface area contributed by atoms with E-state index in [1.807, 2.05) is 18.2 Å². The summed E-state index contributed by atoms with van der Waals surface area (Å²) in [4.78, 5) is 0. The molecule has 3 aliphatic carbocycles. The zero-order valence-corrected chi connectivity index (χ0v) is 42.1. The van der Waals surface area contributed by atoms with Gasteiger partial charge in [-0.25, -0.2) is 0 Å². The molecule has 0 saturated heterocycles. The minimum absolute atomic E-state index is 0.0653. The third kappa shape index (κ3) is 6.71. The van der Waals surface area contributed by atoms with Gasteiger partial charge in [-0.15, -0.1) is 0 Å². The van der Waals surface area contributed by atoms with Gasteiger partial charge in [0.05, 0.1) is 30.4 Å². The van der Waals surface area contributed by atoms with Gasteiger partial charge in [-0.05, 0) is 123 Å². The Kier molecular flexibility index (Phi) is 8.26. The van der Waals surface area contributed by atoms with Gasteiger partial charge in [0.25, 0.3) is 0 Å². The number of aromatic nitrogens is 1. The van der Waals surface area contributed by atoms with Crippen LogP contribution < -0.4 is 20.7 Å². The van der Waals surface area contributed by atoms with Crippen molar-refractivity contribution in [3.63, 3.8) is 0 Å². The van der Waals surface area contributed by atoms with Crippen LogP contribution in [0.1, 0.15) is 58.9 Å². The first kappa shape index (κ1) is 35.0. The fourth-order valence-corrected chi connectivity index (χ4v) is 18.2. The second kappa shape index (κ2) is 18.0. The van der Waals surface area contributed by atoms with Crippen LogP contribution in [0.5, 0.6) is 0 Å². The molecule has 3 aliphatic rings. The van der Waals surface area contributed by atoms with Crippen LogP contribution in [0.2, 0.25) is 0 Å². The van der Waals surface area contributed by atoms with Crippen LogP contribution in [0, 0.1) is 0 Å². The first-order chi connectivity index (χ1) is 41.9. The lowest BCUT2D eigenvalue weighted by molar-refractivity contribution is 0.752. The molecular weight excluding hydrogens is 931 g/mol. The fraction of sp³-hybridized carbons (Fsp3) is 0.0270. The number of para-hydroxylation sites is 1. The molecule has 1 aromatic heterocycles. The van der Waals surface area contributed by atoms with E-state index in [1.165, 1.54) is 59.7 Å². The minimum Gasteiger partial charge on any atom is -0.309 e. The molecule has 16 rings (SSSR count). The van der Waals surface area contributed by atoms with Crippen LogP contribution in [-0.4, -0.2) is 12.6 Å². The highest BCUT2D eigenvalue weighted by Gasteiger charge is 2.50. The largest absolute Gasteiger partial charge is 0.309 e. The van der Waals surface area contributed by atoms with Gasteiger partial charge in [-0.3, -0.25) is 0 Å². The Hall–Kier alpha value is -9.34. The molecule has 2 heteroatoms. The predicted octanol–water partition coefficient (Wildman–Crippen LogP) is 15.8. The van der Waals surface area contributed by atoms with Gasteiger partial charge in [0, 0.05) is 22.6 Å². The van der Waals surface area contributed by atoms with Gasteiger partial charge < -0.3 is 4.57 Å². The van der Waals surface area contributed by atoms with E-state index < -0.39 is 68.5 Å². The molecule has 76 heavy (non-hydrogen) atoms. The van der Waals surface area contributed by atoms with Crippen LogP contribution in [0.4, 0.5) is 0 Å². The SMILES string of the molecule is [2H]c1c([2H])c([2H])c(-c2cccc(-c3c([2H])c([2H])c([2H])c([2H])c3[2H])c2-c2ccc3c(c2)c2ccccc2n3-c2cccc3c2C2c4ccccc4C3c3cccc([Si](c4ccccc4)(c4ccccc4)c4ccc(-c5ccccc5)cc4)c32)c([2H])c1[2H]. The Balaban J connectivity index is 0.994. The first-order valence-electron chi connectivity index (χ1n) is 30.8. The molecule has 0 saturated carbocycles. The maximum Gasteiger partial charge on any atom is 0.179 e. The van der Waals surface area contributed by atoms with E-state index in [9.17, 15) is 5.48 Å². The Bertz CT molecular complexity index is 4760. The van der Waals surface area contributed by atoms with E-state index in [-0.39, 0.29) is 34.1 Å². The minimum atomic E-state index is -3.20. The summed E-state index contributed by atoms with van der Waals surface area (Å²) in [6.45, 7) is 0. The lowest BCUT2D eigenvalue weighted by Gasteiger charge is -2.47. The number of nitrogens with zero attached hydrogens (tertiary/aromatic N) is 1. The number of rotatable bonds is 9. The summed E-state index contributed by atoms with van der Waals surface area (Å²) in [5.74, 6) is -0.284. The Morgan fingerprint density at radius 3 is 1.47 bits per heavy atom. The topological polar surface area (TPSA) is 4.93 Å². The molecule has 2 bridgehead atoms. The van der Waals surface area contributed by atoms with Crippen LogP contribution in [0.15, 0.2) is 297 Å². The van der Waals surface area contributed by atoms with Crippen molar-refractivity contribution in [2.75, 3.05) is 0 Å². The molecule has 0 aliphatic heterocycles. The maximum absolute atomic E-state index is 9.21. The molecule has 0 radical (unpaired) electrons. The van der Waals surface area contributed by atoms with Gasteiger partial charge in [0.15, 0.2) is 8.07 Å². The van der Waals surface area contributed by atoms with E-state index in [2.05, 4.69) is 205 Å². The summed E-state index contributed by atoms with van der Waals surface area (Å²) < 4.78 is 91.2. The van der Waals surface area contributed by atoms with Crippen molar-refractivity contribution < 1.29 is 13.7 Å². The number of hydrogen-bond donors (Lipinski definition) is 0. The maximum atomic E-state index is 9.21. The molecule has 1 heterocycles. The molecular formula is C74H51NSi. The summed E-state index contributed by atoms with van der Waals surface area (Å²) in [6.07, 6.45) is 0. The molecule has 1 nitrogen and oxygen atoms in total. The summed E-state index contributed by atoms with van der Waals surface area (Å²) in [5.41, 5.74) is 14.2. The number of fused-ring (bicyclic) bond motifs is 3. The molecule has 12 aromatic carbocycles. The van der Waals surface area contributed by atoms with Gasteiger partial charge in [-0.2, -0.15) is 0 Å². The molecule has 0 amide bonds. The zero-order chi connectivity index (χ0) is 58.9. The van der Waals surface area contributed by atoms with Gasteiger partial charge >= 0.3 is 0 Å². The molecule has 356 valence electrons. The third-order valence-electron chi connectivity index (χ3n) is 16.1. The van der Waals surface area contributed by atoms with Crippen molar-refractivity contribution in [1.29, 1.82) is 0 Å². The molecule has 0 fully saturated rings. The molecule has 13 aromatic rings. The van der Waals surface area contributed by atoms with Gasteiger partial charge in [0.2, 0.25) is 0 Å². The Morgan fingerprint density at radius 1 is 0.329 bits per heavy atom. The smallest absolute Gasteiger partial charge is 0.179 e. The highest BCUT2D eigenvalue weighted by molar-refractivity contribution is 7.20. The fourth-order valence-electron chi connectivity index (χ4n) is 13.1. The predicted molar refractivity (Wildman–Crippen MR) is 321 cm³/mol. The van der Waals surface area contributed by atoms with E-state index in [1.54, 1.807) is 18.2 Å². The highest BCUT2D eigenvalue weighted by atomic mass is 28.3. The zero-order valence-electron chi connectivity index (χ0n) is 51.1. The standard InChI is InChI=1S/C74H51NSi/c1-6-23-50(24-7-1)51-43-46-57(47-44-51)76(55-29-12-4-13-30-55,56-31-14-5-15-32-56)69-42-22-39-64-71-61-34-16-17-35-62(61)74(73(64)69)72-63(71)38-21-41-68(72)75-66-40-19-18-33-60(66)65-49-54(45-48-67(65)75)70-58(52-25-8-2-9-26-52)36-20-37-59(70)53-27-10-3-11-28-53/h1-49,71,74H/i2D,3D,8D,9D,10D,11D,25D,26D,27D,28D. The van der Waals surface area contributed by atoms with Crippen molar-refractivity contribution in [1.82, 2.24) is 4.57 Å². The molecule has 2 unspecified atom stereocenters. The molecule has 2 atom stereocenters. The van der Waals surface area contributed by atoms with Crippen LogP contribution in [-0.2, 0) is 0 Å². The van der Waals surface area contributed by atoms with Crippen LogP contribution in [0.25, 0.3) is 72.0 Å². The van der Waals surface area contributed by atoms with E-state index in [0.29, 0.717) is 11.1 Å². The third-order valence-corrected chi connectivity index (χ3v) is 21.0. The van der Waals surface area contributed by atoms with Crippen molar-refractivity contribution in [3.05, 3.63) is 330 Å². The van der Waals surface area contributed by atoms with E-state index >= 15 is 0 Å². The second-order valence-corrected chi connectivity index (χ2v) is 23.6. The Labute approximate surface area is 459 Å².